The minimum Gasteiger partial charge on any atom is -0.337 e. The quantitative estimate of drug-likeness (QED) is 0.533. The molecule has 0 aromatic rings. The molecule has 0 spiro atoms. The Labute approximate surface area is 83.4 Å². The Kier molecular flexibility index (Phi) is 6.41. The highest BCUT2D eigenvalue weighted by molar-refractivity contribution is 6.75. The van der Waals surface area contributed by atoms with Crippen LogP contribution >= 0.6 is 0 Å². The summed E-state index contributed by atoms with van der Waals surface area (Å²) < 4.78 is 0. The van der Waals surface area contributed by atoms with Crippen LogP contribution in [0.3, 0.4) is 0 Å². The normalized spacial score (nSPS) is 9.54. The average molecular weight is 193 g/mol. The Morgan fingerprint density at radius 1 is 1.23 bits per heavy atom. The molecule has 1 N–H and O–H groups in total. The smallest absolute Gasteiger partial charge is 0.131 e. The lowest BCUT2D eigenvalue weighted by Crippen LogP contribution is -2.44. The van der Waals surface area contributed by atoms with Crippen molar-refractivity contribution in [3.05, 3.63) is 0 Å². The van der Waals surface area contributed by atoms with Gasteiger partial charge in [0.2, 0.25) is 0 Å². The molecule has 0 unspecified atom stereocenters. The molecular weight excluding hydrogens is 174 g/mol. The molecule has 0 amide bonds. The molecule has 0 aromatic carbocycles. The van der Waals surface area contributed by atoms with Gasteiger partial charge in [0, 0.05) is 6.04 Å². The molecule has 0 aliphatic heterocycles. The van der Waals surface area contributed by atoms with Gasteiger partial charge in [0.15, 0.2) is 0 Å². The van der Waals surface area contributed by atoms with E-state index < -0.39 is 8.24 Å². The van der Waals surface area contributed by atoms with E-state index in [1.807, 2.05) is 6.92 Å². The lowest BCUT2D eigenvalue weighted by Gasteiger charge is -2.20. The molecule has 0 rings (SSSR count). The SMILES string of the molecule is CC#CC#CC[Si](C)(C)NCCC. The van der Waals surface area contributed by atoms with Crippen molar-refractivity contribution in [3.63, 3.8) is 0 Å². The zero-order valence-corrected chi connectivity index (χ0v) is 10.1. The molecule has 0 radical (unpaired) electrons. The van der Waals surface area contributed by atoms with E-state index in [4.69, 9.17) is 0 Å². The summed E-state index contributed by atoms with van der Waals surface area (Å²) in [6.45, 7) is 9.71. The Morgan fingerprint density at radius 2 is 1.92 bits per heavy atom. The molecule has 0 bridgehead atoms. The lowest BCUT2D eigenvalue weighted by atomic mass is 10.5. The zero-order chi connectivity index (χ0) is 10.2. The molecule has 0 fully saturated rings. The topological polar surface area (TPSA) is 12.0 Å². The molecule has 0 saturated carbocycles. The maximum atomic E-state index is 3.57. The van der Waals surface area contributed by atoms with Crippen LogP contribution in [-0.2, 0) is 0 Å². The molecule has 0 heterocycles. The van der Waals surface area contributed by atoms with Crippen LogP contribution in [0.2, 0.25) is 19.1 Å². The van der Waals surface area contributed by atoms with Crippen molar-refractivity contribution in [2.24, 2.45) is 0 Å². The molecule has 0 aromatic heterocycles. The van der Waals surface area contributed by atoms with Crippen molar-refractivity contribution >= 4 is 8.24 Å². The van der Waals surface area contributed by atoms with Crippen LogP contribution in [0.25, 0.3) is 0 Å². The first-order valence-electron chi connectivity index (χ1n) is 4.77. The highest BCUT2D eigenvalue weighted by Gasteiger charge is 2.17. The lowest BCUT2D eigenvalue weighted by molar-refractivity contribution is 0.837. The van der Waals surface area contributed by atoms with Crippen LogP contribution in [0.5, 0.6) is 0 Å². The van der Waals surface area contributed by atoms with Crippen molar-refractivity contribution in [3.8, 4) is 23.7 Å². The van der Waals surface area contributed by atoms with Gasteiger partial charge in [-0.25, -0.2) is 0 Å². The molecule has 2 heteroatoms. The monoisotopic (exact) mass is 193 g/mol. The van der Waals surface area contributed by atoms with Crippen molar-refractivity contribution in [2.45, 2.75) is 39.4 Å². The van der Waals surface area contributed by atoms with Gasteiger partial charge in [0.1, 0.15) is 8.24 Å². The highest BCUT2D eigenvalue weighted by atomic mass is 28.3. The van der Waals surface area contributed by atoms with E-state index in [1.54, 1.807) is 0 Å². The van der Waals surface area contributed by atoms with Gasteiger partial charge in [-0.1, -0.05) is 31.9 Å². The van der Waals surface area contributed by atoms with E-state index in [0.717, 1.165) is 12.6 Å². The molecular formula is C11H19NSi. The molecule has 13 heavy (non-hydrogen) atoms. The van der Waals surface area contributed by atoms with E-state index >= 15 is 0 Å². The van der Waals surface area contributed by atoms with Crippen LogP contribution in [0.4, 0.5) is 0 Å². The van der Waals surface area contributed by atoms with Crippen LogP contribution in [0.15, 0.2) is 0 Å². The summed E-state index contributed by atoms with van der Waals surface area (Å²) >= 11 is 0. The van der Waals surface area contributed by atoms with Crippen LogP contribution in [0.1, 0.15) is 20.3 Å². The average Bonchev–Trinajstić information content (AvgIpc) is 2.09. The Morgan fingerprint density at radius 3 is 2.46 bits per heavy atom. The fraction of sp³-hybridized carbons (Fsp3) is 0.636. The summed E-state index contributed by atoms with van der Waals surface area (Å²) in [7, 11) is -1.27. The maximum absolute atomic E-state index is 3.57. The minimum absolute atomic E-state index is 0.988. The van der Waals surface area contributed by atoms with Gasteiger partial charge in [-0.05, 0) is 31.7 Å². The molecule has 0 atom stereocenters. The van der Waals surface area contributed by atoms with Crippen LogP contribution in [-0.4, -0.2) is 14.8 Å². The van der Waals surface area contributed by atoms with E-state index in [1.165, 1.54) is 6.42 Å². The standard InChI is InChI=1S/C11H19NSi/c1-5-7-8-9-11-13(3,4)12-10-6-2/h12H,6,10-11H2,1-4H3. The summed E-state index contributed by atoms with van der Waals surface area (Å²) in [6, 6.07) is 0.988. The predicted octanol–water partition coefficient (Wildman–Crippen LogP) is 2.22. The summed E-state index contributed by atoms with van der Waals surface area (Å²) in [5, 5.41) is 0. The van der Waals surface area contributed by atoms with Gasteiger partial charge in [0.05, 0.1) is 0 Å². The highest BCUT2D eigenvalue weighted by Crippen LogP contribution is 2.02. The summed E-state index contributed by atoms with van der Waals surface area (Å²) in [5.74, 6) is 11.5. The Balaban J connectivity index is 3.87. The first kappa shape index (κ1) is 12.3. The molecule has 1 nitrogen and oxygen atoms in total. The number of nitrogens with one attached hydrogen (secondary N) is 1. The maximum Gasteiger partial charge on any atom is 0.131 e. The third kappa shape index (κ3) is 7.65. The van der Waals surface area contributed by atoms with Gasteiger partial charge >= 0.3 is 0 Å². The van der Waals surface area contributed by atoms with Gasteiger partial charge in [-0.15, -0.1) is 0 Å². The number of hydrogen-bond donors (Lipinski definition) is 1. The van der Waals surface area contributed by atoms with E-state index in [2.05, 4.69) is 48.7 Å². The third-order valence-electron chi connectivity index (χ3n) is 1.66. The minimum atomic E-state index is -1.27. The number of hydrogen-bond acceptors (Lipinski definition) is 1. The molecule has 0 saturated heterocycles. The van der Waals surface area contributed by atoms with Crippen LogP contribution in [0, 0.1) is 23.7 Å². The second-order valence-corrected chi connectivity index (χ2v) is 8.14. The van der Waals surface area contributed by atoms with Crippen molar-refractivity contribution < 1.29 is 0 Å². The molecule has 72 valence electrons. The Hall–Kier alpha value is -0.703. The van der Waals surface area contributed by atoms with Crippen molar-refractivity contribution in [1.82, 2.24) is 4.98 Å². The van der Waals surface area contributed by atoms with E-state index in [9.17, 15) is 0 Å². The predicted molar refractivity (Wildman–Crippen MR) is 61.8 cm³/mol. The van der Waals surface area contributed by atoms with Gasteiger partial charge in [0.25, 0.3) is 0 Å². The molecule has 0 aliphatic rings. The van der Waals surface area contributed by atoms with Gasteiger partial charge in [-0.3, -0.25) is 0 Å². The van der Waals surface area contributed by atoms with Crippen molar-refractivity contribution in [2.75, 3.05) is 6.54 Å². The first-order chi connectivity index (χ1) is 6.12. The van der Waals surface area contributed by atoms with Crippen LogP contribution < -0.4 is 4.98 Å². The van der Waals surface area contributed by atoms with Crippen molar-refractivity contribution in [1.29, 1.82) is 0 Å². The summed E-state index contributed by atoms with van der Waals surface area (Å²) in [6.07, 6.45) is 1.19. The fourth-order valence-corrected chi connectivity index (χ4v) is 2.48. The summed E-state index contributed by atoms with van der Waals surface area (Å²) in [5.41, 5.74) is 0. The Bertz CT molecular complexity index is 247. The number of rotatable bonds is 4. The van der Waals surface area contributed by atoms with Gasteiger partial charge < -0.3 is 4.98 Å². The van der Waals surface area contributed by atoms with Gasteiger partial charge in [-0.2, -0.15) is 0 Å². The largest absolute Gasteiger partial charge is 0.337 e. The first-order valence-corrected chi connectivity index (χ1v) is 7.97. The second-order valence-electron chi connectivity index (χ2n) is 3.66. The van der Waals surface area contributed by atoms with E-state index in [-0.39, 0.29) is 0 Å². The fourth-order valence-electron chi connectivity index (χ4n) is 0.898. The zero-order valence-electron chi connectivity index (χ0n) is 9.12. The molecule has 0 aliphatic carbocycles. The summed E-state index contributed by atoms with van der Waals surface area (Å²) in [4.78, 5) is 3.57. The van der Waals surface area contributed by atoms with E-state index in [0.29, 0.717) is 0 Å². The third-order valence-corrected chi connectivity index (χ3v) is 3.93. The second kappa shape index (κ2) is 6.77.